The zero-order valence-corrected chi connectivity index (χ0v) is 11.1. The Morgan fingerprint density at radius 3 is 2.50 bits per heavy atom. The molecule has 0 aromatic carbocycles. The molecule has 0 unspecified atom stereocenters. The third kappa shape index (κ3) is 2.05. The van der Waals surface area contributed by atoms with Crippen LogP contribution in [-0.2, 0) is 6.42 Å². The van der Waals surface area contributed by atoms with Gasteiger partial charge in [-0.15, -0.1) is 11.3 Å². The summed E-state index contributed by atoms with van der Waals surface area (Å²) >= 11 is 5.52. The van der Waals surface area contributed by atoms with E-state index in [4.69, 9.17) is 5.73 Å². The summed E-state index contributed by atoms with van der Waals surface area (Å²) in [5.74, 6) is 0. The van der Waals surface area contributed by atoms with Crippen LogP contribution in [0, 0.1) is 13.8 Å². The average Bonchev–Trinajstić information content (AvgIpc) is 2.83. The average molecular weight is 274 g/mol. The van der Waals surface area contributed by atoms with Crippen molar-refractivity contribution in [1.29, 1.82) is 0 Å². The molecule has 0 aliphatic heterocycles. The molecule has 3 heteroatoms. The van der Waals surface area contributed by atoms with Gasteiger partial charge in [-0.25, -0.2) is 0 Å². The first-order valence-corrected chi connectivity index (χ1v) is 6.66. The van der Waals surface area contributed by atoms with Crippen LogP contribution in [0.3, 0.4) is 0 Å². The number of rotatable bonds is 3. The van der Waals surface area contributed by atoms with Crippen molar-refractivity contribution in [1.82, 2.24) is 0 Å². The maximum atomic E-state index is 6.08. The van der Waals surface area contributed by atoms with Gasteiger partial charge in [0.05, 0.1) is 0 Å². The molecular formula is C11H16BrNS. The first kappa shape index (κ1) is 10.7. The monoisotopic (exact) mass is 273 g/mol. The fraction of sp³-hybridized carbons (Fsp3) is 0.636. The zero-order valence-electron chi connectivity index (χ0n) is 8.69. The van der Waals surface area contributed by atoms with Crippen molar-refractivity contribution in [2.75, 3.05) is 0 Å². The number of thiophene rings is 1. The molecule has 0 saturated heterocycles. The Balaban J connectivity index is 2.05. The smallest absolute Gasteiger partial charge is 0.0343 e. The van der Waals surface area contributed by atoms with E-state index in [1.165, 1.54) is 32.6 Å². The van der Waals surface area contributed by atoms with Crippen LogP contribution in [0.5, 0.6) is 0 Å². The molecule has 1 heterocycles. The summed E-state index contributed by atoms with van der Waals surface area (Å²) in [5.41, 5.74) is 7.69. The van der Waals surface area contributed by atoms with Gasteiger partial charge in [-0.2, -0.15) is 0 Å². The SMILES string of the molecule is Cc1sc(CCC2(N)CC2)c(C)c1Br. The normalized spacial score (nSPS) is 18.6. The number of halogens is 1. The number of aryl methyl sites for hydroxylation is 2. The fourth-order valence-electron chi connectivity index (χ4n) is 1.70. The summed E-state index contributed by atoms with van der Waals surface area (Å²) < 4.78 is 1.29. The molecular weight excluding hydrogens is 258 g/mol. The summed E-state index contributed by atoms with van der Waals surface area (Å²) in [4.78, 5) is 2.89. The van der Waals surface area contributed by atoms with Gasteiger partial charge in [0.2, 0.25) is 0 Å². The molecule has 1 aromatic heterocycles. The summed E-state index contributed by atoms with van der Waals surface area (Å²) in [6.07, 6.45) is 4.74. The van der Waals surface area contributed by atoms with Gasteiger partial charge >= 0.3 is 0 Å². The predicted molar refractivity (Wildman–Crippen MR) is 66.0 cm³/mol. The summed E-state index contributed by atoms with van der Waals surface area (Å²) in [6.45, 7) is 4.36. The summed E-state index contributed by atoms with van der Waals surface area (Å²) in [5, 5.41) is 0. The molecule has 1 saturated carbocycles. The second-order valence-electron chi connectivity index (χ2n) is 4.38. The standard InChI is InChI=1S/C11H16BrNS/c1-7-9(14-8(2)10(7)12)3-4-11(13)5-6-11/h3-6,13H2,1-2H3. The highest BCUT2D eigenvalue weighted by Crippen LogP contribution is 2.39. The molecule has 0 spiro atoms. The second-order valence-corrected chi connectivity index (χ2v) is 6.49. The zero-order chi connectivity index (χ0) is 10.3. The van der Waals surface area contributed by atoms with Crippen molar-refractivity contribution in [2.45, 2.75) is 45.1 Å². The molecule has 1 nitrogen and oxygen atoms in total. The van der Waals surface area contributed by atoms with E-state index in [1.807, 2.05) is 11.3 Å². The lowest BCUT2D eigenvalue weighted by Crippen LogP contribution is -2.21. The number of nitrogens with two attached hydrogens (primary N) is 1. The molecule has 1 aliphatic rings. The maximum absolute atomic E-state index is 6.08. The van der Waals surface area contributed by atoms with Gasteiger partial charge in [0.1, 0.15) is 0 Å². The second kappa shape index (κ2) is 3.62. The molecule has 78 valence electrons. The quantitative estimate of drug-likeness (QED) is 0.896. The Morgan fingerprint density at radius 2 is 2.07 bits per heavy atom. The van der Waals surface area contributed by atoms with Gasteiger partial charge < -0.3 is 5.73 Å². The topological polar surface area (TPSA) is 26.0 Å². The van der Waals surface area contributed by atoms with Crippen LogP contribution < -0.4 is 5.73 Å². The van der Waals surface area contributed by atoms with Crippen LogP contribution >= 0.6 is 27.3 Å². The molecule has 1 aliphatic carbocycles. The molecule has 0 atom stereocenters. The van der Waals surface area contributed by atoms with Gasteiger partial charge in [-0.05, 0) is 61.0 Å². The van der Waals surface area contributed by atoms with Crippen molar-refractivity contribution in [2.24, 2.45) is 5.73 Å². The molecule has 2 N–H and O–H groups in total. The lowest BCUT2D eigenvalue weighted by atomic mass is 10.1. The van der Waals surface area contributed by atoms with Gasteiger partial charge in [0, 0.05) is 19.8 Å². The minimum Gasteiger partial charge on any atom is -0.325 e. The lowest BCUT2D eigenvalue weighted by Gasteiger charge is -2.06. The largest absolute Gasteiger partial charge is 0.325 e. The van der Waals surface area contributed by atoms with Gasteiger partial charge in [0.25, 0.3) is 0 Å². The first-order valence-electron chi connectivity index (χ1n) is 5.05. The van der Waals surface area contributed by atoms with Crippen molar-refractivity contribution in [3.05, 3.63) is 19.8 Å². The minimum atomic E-state index is 0.191. The van der Waals surface area contributed by atoms with Crippen molar-refractivity contribution in [3.63, 3.8) is 0 Å². The molecule has 0 radical (unpaired) electrons. The summed E-state index contributed by atoms with van der Waals surface area (Å²) in [7, 11) is 0. The third-order valence-electron chi connectivity index (χ3n) is 3.08. The van der Waals surface area contributed by atoms with Gasteiger partial charge in [-0.3, -0.25) is 0 Å². The highest BCUT2D eigenvalue weighted by atomic mass is 79.9. The van der Waals surface area contributed by atoms with E-state index in [1.54, 1.807) is 0 Å². The van der Waals surface area contributed by atoms with Crippen LogP contribution in [-0.4, -0.2) is 5.54 Å². The molecule has 1 fully saturated rings. The Hall–Kier alpha value is 0.140. The number of hydrogen-bond donors (Lipinski definition) is 1. The van der Waals surface area contributed by atoms with E-state index < -0.39 is 0 Å². The molecule has 0 bridgehead atoms. The van der Waals surface area contributed by atoms with E-state index in [0.717, 1.165) is 12.8 Å². The minimum absolute atomic E-state index is 0.191. The van der Waals surface area contributed by atoms with Crippen molar-refractivity contribution < 1.29 is 0 Å². The van der Waals surface area contributed by atoms with Gasteiger partial charge in [0.15, 0.2) is 0 Å². The van der Waals surface area contributed by atoms with Crippen LogP contribution in [0.25, 0.3) is 0 Å². The Bertz CT molecular complexity index is 352. The number of hydrogen-bond acceptors (Lipinski definition) is 2. The van der Waals surface area contributed by atoms with Crippen LogP contribution in [0.15, 0.2) is 4.47 Å². The third-order valence-corrected chi connectivity index (χ3v) is 5.79. The molecule has 0 amide bonds. The van der Waals surface area contributed by atoms with Gasteiger partial charge in [-0.1, -0.05) is 0 Å². The Labute approximate surface area is 97.8 Å². The maximum Gasteiger partial charge on any atom is 0.0343 e. The van der Waals surface area contributed by atoms with Crippen LogP contribution in [0.2, 0.25) is 0 Å². The van der Waals surface area contributed by atoms with E-state index in [0.29, 0.717) is 0 Å². The van der Waals surface area contributed by atoms with Crippen LogP contribution in [0.4, 0.5) is 0 Å². The van der Waals surface area contributed by atoms with E-state index in [9.17, 15) is 0 Å². The highest BCUT2D eigenvalue weighted by Gasteiger charge is 2.37. The predicted octanol–water partition coefficient (Wildman–Crippen LogP) is 3.55. The first-order chi connectivity index (χ1) is 6.52. The lowest BCUT2D eigenvalue weighted by molar-refractivity contribution is 0.611. The Morgan fingerprint density at radius 1 is 1.43 bits per heavy atom. The Kier molecular flexibility index (Phi) is 2.75. The molecule has 1 aromatic rings. The van der Waals surface area contributed by atoms with Crippen molar-refractivity contribution in [3.8, 4) is 0 Å². The molecule has 14 heavy (non-hydrogen) atoms. The van der Waals surface area contributed by atoms with Crippen molar-refractivity contribution >= 4 is 27.3 Å². The summed E-state index contributed by atoms with van der Waals surface area (Å²) in [6, 6.07) is 0. The highest BCUT2D eigenvalue weighted by molar-refractivity contribution is 9.10. The molecule has 2 rings (SSSR count). The van der Waals surface area contributed by atoms with E-state index >= 15 is 0 Å². The van der Waals surface area contributed by atoms with E-state index in [-0.39, 0.29) is 5.54 Å². The fourth-order valence-corrected chi connectivity index (χ4v) is 3.39. The van der Waals surface area contributed by atoms with E-state index in [2.05, 4.69) is 29.8 Å². The van der Waals surface area contributed by atoms with Crippen LogP contribution in [0.1, 0.15) is 34.6 Å².